The summed E-state index contributed by atoms with van der Waals surface area (Å²) in [6.07, 6.45) is 3.85. The second-order valence-corrected chi connectivity index (χ2v) is 9.98. The van der Waals surface area contributed by atoms with Crippen LogP contribution in [0.1, 0.15) is 31.0 Å². The molecule has 4 aromatic rings. The van der Waals surface area contributed by atoms with E-state index in [0.717, 1.165) is 33.8 Å². The number of amides is 1. The second-order valence-electron chi connectivity index (χ2n) is 8.31. The maximum absolute atomic E-state index is 13.5. The van der Waals surface area contributed by atoms with E-state index in [4.69, 9.17) is 22.1 Å². The summed E-state index contributed by atoms with van der Waals surface area (Å²) in [6.45, 7) is 4.57. The third-order valence-electron chi connectivity index (χ3n) is 5.98. The first-order chi connectivity index (χ1) is 17.5. The lowest BCUT2D eigenvalue weighted by molar-refractivity contribution is -0.123. The minimum atomic E-state index is -0.151. The van der Waals surface area contributed by atoms with Gasteiger partial charge < -0.3 is 4.74 Å². The SMILES string of the molecule is CCOc1ccc(-c2nn(-c3ccccc3)cc2/C=C2/SC(=S)N(C(C)c3ccccc3)C2=O)cc1. The molecule has 0 saturated carbocycles. The molecular weight excluding hydrogens is 486 g/mol. The van der Waals surface area contributed by atoms with Gasteiger partial charge >= 0.3 is 0 Å². The van der Waals surface area contributed by atoms with Crippen molar-refractivity contribution in [3.05, 3.63) is 107 Å². The fraction of sp³-hybridized carbons (Fsp3) is 0.138. The van der Waals surface area contributed by atoms with Gasteiger partial charge in [-0.25, -0.2) is 4.68 Å². The van der Waals surface area contributed by atoms with Crippen molar-refractivity contribution in [2.75, 3.05) is 6.61 Å². The molecule has 1 fully saturated rings. The summed E-state index contributed by atoms with van der Waals surface area (Å²) in [5.74, 6) is 0.715. The lowest BCUT2D eigenvalue weighted by Gasteiger charge is -2.23. The van der Waals surface area contributed by atoms with Gasteiger partial charge in [-0.3, -0.25) is 9.69 Å². The highest BCUT2D eigenvalue weighted by molar-refractivity contribution is 8.26. The van der Waals surface area contributed by atoms with Gasteiger partial charge in [0.2, 0.25) is 0 Å². The molecular formula is C29H25N3O2S2. The molecule has 0 spiro atoms. The van der Waals surface area contributed by atoms with E-state index in [-0.39, 0.29) is 11.9 Å². The Bertz CT molecular complexity index is 1410. The topological polar surface area (TPSA) is 47.4 Å². The Labute approximate surface area is 220 Å². The molecule has 1 aliphatic rings. The van der Waals surface area contributed by atoms with Gasteiger partial charge in [0.25, 0.3) is 5.91 Å². The predicted octanol–water partition coefficient (Wildman–Crippen LogP) is 6.90. The summed E-state index contributed by atoms with van der Waals surface area (Å²) in [5.41, 5.74) is 4.54. The molecule has 180 valence electrons. The second kappa shape index (κ2) is 10.5. The summed E-state index contributed by atoms with van der Waals surface area (Å²) >= 11 is 6.96. The van der Waals surface area contributed by atoms with E-state index in [1.54, 1.807) is 4.90 Å². The number of benzene rings is 3. The van der Waals surface area contributed by atoms with Crippen LogP contribution in [-0.4, -0.2) is 31.5 Å². The van der Waals surface area contributed by atoms with Gasteiger partial charge in [0.1, 0.15) is 10.1 Å². The molecule has 3 aromatic carbocycles. The minimum Gasteiger partial charge on any atom is -0.494 e. The van der Waals surface area contributed by atoms with E-state index in [9.17, 15) is 4.79 Å². The summed E-state index contributed by atoms with van der Waals surface area (Å²) in [4.78, 5) is 15.8. The molecule has 1 atom stereocenters. The summed E-state index contributed by atoms with van der Waals surface area (Å²) < 4.78 is 7.99. The number of carbonyl (C=O) groups is 1. The van der Waals surface area contributed by atoms with E-state index >= 15 is 0 Å². The molecule has 2 heterocycles. The Balaban J connectivity index is 1.53. The number of rotatable bonds is 7. The maximum Gasteiger partial charge on any atom is 0.266 e. The van der Waals surface area contributed by atoms with Crippen molar-refractivity contribution >= 4 is 40.3 Å². The smallest absolute Gasteiger partial charge is 0.266 e. The van der Waals surface area contributed by atoms with Gasteiger partial charge in [0, 0.05) is 17.3 Å². The van der Waals surface area contributed by atoms with Crippen molar-refractivity contribution in [1.29, 1.82) is 0 Å². The number of hydrogen-bond donors (Lipinski definition) is 0. The van der Waals surface area contributed by atoms with Crippen LogP contribution in [0.15, 0.2) is 96.0 Å². The Morgan fingerprint density at radius 1 is 1.00 bits per heavy atom. The number of aromatic nitrogens is 2. The van der Waals surface area contributed by atoms with E-state index < -0.39 is 0 Å². The molecule has 36 heavy (non-hydrogen) atoms. The zero-order valence-electron chi connectivity index (χ0n) is 20.0. The van der Waals surface area contributed by atoms with Crippen molar-refractivity contribution in [2.24, 2.45) is 0 Å². The third kappa shape index (κ3) is 4.85. The zero-order chi connectivity index (χ0) is 25.1. The molecule has 7 heteroatoms. The number of carbonyl (C=O) groups excluding carboxylic acids is 1. The van der Waals surface area contributed by atoms with Gasteiger partial charge in [-0.2, -0.15) is 5.10 Å². The van der Waals surface area contributed by atoms with Crippen LogP contribution in [0.2, 0.25) is 0 Å². The van der Waals surface area contributed by atoms with E-state index in [1.165, 1.54) is 11.8 Å². The number of nitrogens with zero attached hydrogens (tertiary/aromatic N) is 3. The third-order valence-corrected chi connectivity index (χ3v) is 7.31. The summed E-state index contributed by atoms with van der Waals surface area (Å²) in [7, 11) is 0. The van der Waals surface area contributed by atoms with Crippen LogP contribution in [0.3, 0.4) is 0 Å². The summed E-state index contributed by atoms with van der Waals surface area (Å²) in [6, 6.07) is 27.6. The zero-order valence-corrected chi connectivity index (χ0v) is 21.6. The van der Waals surface area contributed by atoms with Crippen LogP contribution in [0.25, 0.3) is 23.0 Å². The van der Waals surface area contributed by atoms with Crippen LogP contribution in [-0.2, 0) is 4.79 Å². The highest BCUT2D eigenvalue weighted by atomic mass is 32.2. The number of hydrogen-bond acceptors (Lipinski definition) is 5. The predicted molar refractivity (Wildman–Crippen MR) is 150 cm³/mol. The Morgan fingerprint density at radius 2 is 1.67 bits per heavy atom. The highest BCUT2D eigenvalue weighted by Crippen LogP contribution is 2.39. The van der Waals surface area contributed by atoms with Gasteiger partial charge in [-0.1, -0.05) is 72.5 Å². The first kappa shape index (κ1) is 24.0. The average Bonchev–Trinajstić information content (AvgIpc) is 3.45. The number of ether oxygens (including phenoxy) is 1. The molecule has 0 radical (unpaired) electrons. The Kier molecular flexibility index (Phi) is 7.02. The van der Waals surface area contributed by atoms with Crippen molar-refractivity contribution in [2.45, 2.75) is 19.9 Å². The first-order valence-electron chi connectivity index (χ1n) is 11.8. The van der Waals surface area contributed by atoms with Gasteiger partial charge in [0.05, 0.1) is 28.9 Å². The van der Waals surface area contributed by atoms with Crippen molar-refractivity contribution in [3.8, 4) is 22.7 Å². The van der Waals surface area contributed by atoms with Gasteiger partial charge in [-0.15, -0.1) is 0 Å². The van der Waals surface area contributed by atoms with Crippen molar-refractivity contribution < 1.29 is 9.53 Å². The lowest BCUT2D eigenvalue weighted by atomic mass is 10.1. The average molecular weight is 512 g/mol. The van der Waals surface area contributed by atoms with E-state index in [0.29, 0.717) is 15.8 Å². The molecule has 0 bridgehead atoms. The van der Waals surface area contributed by atoms with Crippen LogP contribution in [0.4, 0.5) is 0 Å². The number of thioether (sulfide) groups is 1. The highest BCUT2D eigenvalue weighted by Gasteiger charge is 2.36. The molecule has 1 saturated heterocycles. The molecule has 1 unspecified atom stereocenters. The van der Waals surface area contributed by atoms with E-state index in [2.05, 4.69) is 0 Å². The van der Waals surface area contributed by atoms with Gasteiger partial charge in [-0.05, 0) is 61.9 Å². The monoisotopic (exact) mass is 511 g/mol. The first-order valence-corrected chi connectivity index (χ1v) is 13.0. The van der Waals surface area contributed by atoms with Crippen LogP contribution in [0.5, 0.6) is 5.75 Å². The summed E-state index contributed by atoms with van der Waals surface area (Å²) in [5, 5.41) is 4.88. The lowest BCUT2D eigenvalue weighted by Crippen LogP contribution is -2.30. The maximum atomic E-state index is 13.5. The van der Waals surface area contributed by atoms with Crippen molar-refractivity contribution in [1.82, 2.24) is 14.7 Å². The molecule has 5 nitrogen and oxygen atoms in total. The van der Waals surface area contributed by atoms with Crippen LogP contribution in [0, 0.1) is 0 Å². The van der Waals surface area contributed by atoms with Gasteiger partial charge in [0.15, 0.2) is 0 Å². The largest absolute Gasteiger partial charge is 0.494 e. The number of para-hydroxylation sites is 1. The fourth-order valence-corrected chi connectivity index (χ4v) is 5.55. The normalized spacial score (nSPS) is 15.5. The van der Waals surface area contributed by atoms with Crippen molar-refractivity contribution in [3.63, 3.8) is 0 Å². The van der Waals surface area contributed by atoms with Crippen LogP contribution < -0.4 is 4.74 Å². The molecule has 5 rings (SSSR count). The Morgan fingerprint density at radius 3 is 2.33 bits per heavy atom. The molecule has 1 amide bonds. The van der Waals surface area contributed by atoms with Crippen LogP contribution >= 0.6 is 24.0 Å². The molecule has 1 aliphatic heterocycles. The fourth-order valence-electron chi connectivity index (χ4n) is 4.14. The molecule has 1 aromatic heterocycles. The minimum absolute atomic E-state index is 0.0912. The van der Waals surface area contributed by atoms with E-state index in [1.807, 2.05) is 116 Å². The molecule has 0 aliphatic carbocycles. The molecule has 0 N–H and O–H groups in total. The number of thiocarbonyl (C=S) groups is 1. The Hall–Kier alpha value is -3.68. The standard InChI is InChI=1S/C29H25N3O2S2/c1-3-34-25-16-14-22(15-17-25)27-23(19-31(30-27)24-12-8-5-9-13-24)18-26-28(33)32(29(35)36-26)20(2)21-10-6-4-7-11-21/h4-20H,3H2,1-2H3/b26-18+. The quantitative estimate of drug-likeness (QED) is 0.199.